The highest BCUT2D eigenvalue weighted by Crippen LogP contribution is 2.31. The maximum atomic E-state index is 12.4. The summed E-state index contributed by atoms with van der Waals surface area (Å²) in [5.41, 5.74) is 8.81. The molecule has 0 unspecified atom stereocenters. The summed E-state index contributed by atoms with van der Waals surface area (Å²) < 4.78 is 1.66. The molecule has 7 heteroatoms. The van der Waals surface area contributed by atoms with Gasteiger partial charge in [0.25, 0.3) is 5.56 Å². The van der Waals surface area contributed by atoms with E-state index in [1.54, 1.807) is 4.52 Å². The fourth-order valence-corrected chi connectivity index (χ4v) is 3.58. The molecule has 1 fully saturated rings. The van der Waals surface area contributed by atoms with Crippen LogP contribution < -0.4 is 16.6 Å². The summed E-state index contributed by atoms with van der Waals surface area (Å²) in [6, 6.07) is 1.47. The van der Waals surface area contributed by atoms with Gasteiger partial charge in [-0.25, -0.2) is 9.50 Å². The van der Waals surface area contributed by atoms with Crippen molar-refractivity contribution in [3.8, 4) is 0 Å². The number of amides is 1. The number of hydrogen-bond donors (Lipinski definition) is 3. The summed E-state index contributed by atoms with van der Waals surface area (Å²) in [6.07, 6.45) is 3.01. The van der Waals surface area contributed by atoms with Crippen LogP contribution in [-0.2, 0) is 11.3 Å². The molecule has 1 saturated carbocycles. The van der Waals surface area contributed by atoms with Crippen LogP contribution in [0.5, 0.6) is 0 Å². The van der Waals surface area contributed by atoms with Crippen molar-refractivity contribution < 1.29 is 4.79 Å². The van der Waals surface area contributed by atoms with Gasteiger partial charge in [-0.1, -0.05) is 6.42 Å². The van der Waals surface area contributed by atoms with E-state index in [4.69, 9.17) is 5.73 Å². The van der Waals surface area contributed by atoms with Crippen LogP contribution in [-0.4, -0.2) is 27.0 Å². The third-order valence-corrected chi connectivity index (χ3v) is 4.94. The van der Waals surface area contributed by atoms with Crippen LogP contribution in [0.25, 0.3) is 5.65 Å². The topological polar surface area (TPSA) is 105 Å². The average molecular weight is 317 g/mol. The third kappa shape index (κ3) is 2.88. The lowest BCUT2D eigenvalue weighted by Crippen LogP contribution is -2.35. The molecule has 1 amide bonds. The van der Waals surface area contributed by atoms with Gasteiger partial charge in [0.1, 0.15) is 0 Å². The molecule has 7 nitrogen and oxygen atoms in total. The minimum absolute atomic E-state index is 0.0173. The second-order valence-electron chi connectivity index (χ2n) is 6.33. The molecule has 0 spiro atoms. The van der Waals surface area contributed by atoms with Crippen LogP contribution in [0.4, 0.5) is 0 Å². The lowest BCUT2D eigenvalue weighted by atomic mass is 9.95. The Morgan fingerprint density at radius 2 is 2.26 bits per heavy atom. The van der Waals surface area contributed by atoms with Crippen molar-refractivity contribution in [1.82, 2.24) is 19.9 Å². The van der Waals surface area contributed by atoms with E-state index in [1.165, 1.54) is 6.07 Å². The lowest BCUT2D eigenvalue weighted by molar-refractivity contribution is -0.126. The molecule has 0 saturated heterocycles. The first-order valence-corrected chi connectivity index (χ1v) is 8.07. The van der Waals surface area contributed by atoms with Crippen LogP contribution in [0.2, 0.25) is 0 Å². The van der Waals surface area contributed by atoms with E-state index in [9.17, 15) is 9.59 Å². The Morgan fingerprint density at radius 1 is 1.48 bits per heavy atom. The standard InChI is InChI=1S/C16H23N5O2/c1-9-13(10(2)21-14(19-9)6-15(22)20-21)8-18-16(23)12-5-3-4-11(12)7-17/h6,11-12H,3-5,7-8,17H2,1-2H3,(H,18,23)(H,20,22)/t11-,12-/m1/s1. The Morgan fingerprint density at radius 3 is 3.00 bits per heavy atom. The molecule has 0 aromatic carbocycles. The Labute approximate surface area is 134 Å². The summed E-state index contributed by atoms with van der Waals surface area (Å²) in [7, 11) is 0. The Balaban J connectivity index is 1.79. The first-order valence-electron chi connectivity index (χ1n) is 8.07. The number of nitrogens with zero attached hydrogens (tertiary/aromatic N) is 2. The highest BCUT2D eigenvalue weighted by molar-refractivity contribution is 5.79. The number of nitrogens with one attached hydrogen (secondary N) is 2. The summed E-state index contributed by atoms with van der Waals surface area (Å²) >= 11 is 0. The highest BCUT2D eigenvalue weighted by atomic mass is 16.2. The zero-order chi connectivity index (χ0) is 16.6. The van der Waals surface area contributed by atoms with Crippen molar-refractivity contribution >= 4 is 11.6 Å². The van der Waals surface area contributed by atoms with E-state index < -0.39 is 0 Å². The number of carbonyl (C=O) groups is 1. The molecular weight excluding hydrogens is 294 g/mol. The Hall–Kier alpha value is -2.15. The first-order chi connectivity index (χ1) is 11.0. The normalized spacial score (nSPS) is 21.0. The zero-order valence-corrected chi connectivity index (χ0v) is 13.6. The molecule has 0 radical (unpaired) electrons. The molecule has 2 atom stereocenters. The summed E-state index contributed by atoms with van der Waals surface area (Å²) in [6.45, 7) is 4.78. The van der Waals surface area contributed by atoms with Crippen LogP contribution in [0, 0.1) is 25.7 Å². The molecule has 1 aliphatic rings. The summed E-state index contributed by atoms with van der Waals surface area (Å²) in [5.74, 6) is 0.375. The van der Waals surface area contributed by atoms with Gasteiger partial charge in [0.15, 0.2) is 5.65 Å². The fourth-order valence-electron chi connectivity index (χ4n) is 3.58. The largest absolute Gasteiger partial charge is 0.352 e. The number of carbonyl (C=O) groups excluding carboxylic acids is 1. The van der Waals surface area contributed by atoms with Crippen LogP contribution >= 0.6 is 0 Å². The van der Waals surface area contributed by atoms with Gasteiger partial charge in [0.05, 0.1) is 0 Å². The predicted octanol–water partition coefficient (Wildman–Crippen LogP) is 0.631. The minimum Gasteiger partial charge on any atom is -0.352 e. The number of H-pyrrole nitrogens is 1. The maximum Gasteiger partial charge on any atom is 0.266 e. The Kier molecular flexibility index (Phi) is 4.21. The molecule has 0 bridgehead atoms. The van der Waals surface area contributed by atoms with E-state index in [-0.39, 0.29) is 17.4 Å². The third-order valence-electron chi connectivity index (χ3n) is 4.94. The lowest BCUT2D eigenvalue weighted by Gasteiger charge is -2.18. The summed E-state index contributed by atoms with van der Waals surface area (Å²) in [4.78, 5) is 28.3. The number of fused-ring (bicyclic) bond motifs is 1. The average Bonchev–Trinajstić information content (AvgIpc) is 3.12. The quantitative estimate of drug-likeness (QED) is 0.769. The van der Waals surface area contributed by atoms with E-state index >= 15 is 0 Å². The SMILES string of the molecule is Cc1nc2cc(=O)[nH]n2c(C)c1CNC(=O)[C@@H]1CCC[C@@H]1CN. The molecule has 4 N–H and O–H groups in total. The maximum absolute atomic E-state index is 12.4. The van der Waals surface area contributed by atoms with E-state index in [0.29, 0.717) is 24.7 Å². The number of rotatable bonds is 4. The Bertz CT molecular complexity index is 792. The molecule has 3 rings (SSSR count). The van der Waals surface area contributed by atoms with Crippen molar-refractivity contribution in [1.29, 1.82) is 0 Å². The van der Waals surface area contributed by atoms with Gasteiger partial charge < -0.3 is 11.1 Å². The molecule has 2 heterocycles. The van der Waals surface area contributed by atoms with Crippen LogP contribution in [0.1, 0.15) is 36.2 Å². The number of aromatic amines is 1. The van der Waals surface area contributed by atoms with E-state index in [0.717, 1.165) is 36.2 Å². The van der Waals surface area contributed by atoms with Gasteiger partial charge in [-0.3, -0.25) is 14.7 Å². The molecule has 124 valence electrons. The summed E-state index contributed by atoms with van der Waals surface area (Å²) in [5, 5.41) is 5.74. The molecule has 23 heavy (non-hydrogen) atoms. The number of nitrogens with two attached hydrogens (primary N) is 1. The monoisotopic (exact) mass is 317 g/mol. The van der Waals surface area contributed by atoms with Gasteiger partial charge in [0, 0.05) is 35.5 Å². The van der Waals surface area contributed by atoms with E-state index in [1.807, 2.05) is 13.8 Å². The smallest absolute Gasteiger partial charge is 0.266 e. The van der Waals surface area contributed by atoms with Crippen LogP contribution in [0.3, 0.4) is 0 Å². The van der Waals surface area contributed by atoms with E-state index in [2.05, 4.69) is 15.4 Å². The van der Waals surface area contributed by atoms with Gasteiger partial charge >= 0.3 is 0 Å². The van der Waals surface area contributed by atoms with Gasteiger partial charge in [0.2, 0.25) is 5.91 Å². The van der Waals surface area contributed by atoms with Gasteiger partial charge in [-0.2, -0.15) is 0 Å². The van der Waals surface area contributed by atoms with Crippen molar-refractivity contribution in [2.75, 3.05) is 6.54 Å². The van der Waals surface area contributed by atoms with Crippen molar-refractivity contribution in [2.45, 2.75) is 39.7 Å². The van der Waals surface area contributed by atoms with Crippen molar-refractivity contribution in [3.05, 3.63) is 33.4 Å². The number of aromatic nitrogens is 3. The fraction of sp³-hybridized carbons (Fsp3) is 0.562. The zero-order valence-electron chi connectivity index (χ0n) is 13.6. The van der Waals surface area contributed by atoms with Crippen molar-refractivity contribution in [3.63, 3.8) is 0 Å². The second-order valence-corrected chi connectivity index (χ2v) is 6.33. The van der Waals surface area contributed by atoms with Crippen molar-refractivity contribution in [2.24, 2.45) is 17.6 Å². The number of hydrogen-bond acceptors (Lipinski definition) is 4. The molecule has 0 aliphatic heterocycles. The van der Waals surface area contributed by atoms with Crippen LogP contribution in [0.15, 0.2) is 10.9 Å². The second kappa shape index (κ2) is 6.16. The highest BCUT2D eigenvalue weighted by Gasteiger charge is 2.31. The number of aryl methyl sites for hydroxylation is 2. The van der Waals surface area contributed by atoms with Gasteiger partial charge in [-0.15, -0.1) is 0 Å². The minimum atomic E-state index is -0.182. The molecule has 1 aliphatic carbocycles. The molecule has 2 aromatic rings. The molecule has 2 aromatic heterocycles. The molecular formula is C16H23N5O2. The van der Waals surface area contributed by atoms with Gasteiger partial charge in [-0.05, 0) is 39.2 Å². The predicted molar refractivity (Wildman–Crippen MR) is 87.0 cm³/mol. The first kappa shape index (κ1) is 15.7.